The Morgan fingerprint density at radius 2 is 2.11 bits per heavy atom. The minimum atomic E-state index is -1.06. The van der Waals surface area contributed by atoms with E-state index in [1.54, 1.807) is 21.8 Å². The van der Waals surface area contributed by atoms with E-state index in [1.807, 2.05) is 30.5 Å². The van der Waals surface area contributed by atoms with Crippen molar-refractivity contribution in [3.05, 3.63) is 54.1 Å². The summed E-state index contributed by atoms with van der Waals surface area (Å²) in [5.74, 6) is -0.567. The third kappa shape index (κ3) is 6.25. The smallest absolute Gasteiger partial charge is 0.360 e. The fourth-order valence-electron chi connectivity index (χ4n) is 3.98. The molecule has 35 heavy (non-hydrogen) atoms. The van der Waals surface area contributed by atoms with Gasteiger partial charge < -0.3 is 30.4 Å². The summed E-state index contributed by atoms with van der Waals surface area (Å²) in [7, 11) is 1.31. The zero-order valence-electron chi connectivity index (χ0n) is 19.8. The number of nitrogens with zero attached hydrogens (tertiary/aromatic N) is 4. The second-order valence-electron chi connectivity index (χ2n) is 8.27. The Labute approximate surface area is 203 Å². The predicted molar refractivity (Wildman–Crippen MR) is 129 cm³/mol. The van der Waals surface area contributed by atoms with Gasteiger partial charge in [0.25, 0.3) is 0 Å². The first kappa shape index (κ1) is 24.9. The van der Waals surface area contributed by atoms with Crippen LogP contribution in [0.2, 0.25) is 0 Å². The molecule has 3 aromatic rings. The number of rotatable bonds is 11. The second kappa shape index (κ2) is 11.9. The Hall–Kier alpha value is -3.25. The molecule has 11 nitrogen and oxygen atoms in total. The van der Waals surface area contributed by atoms with Crippen LogP contribution in [-0.4, -0.2) is 70.7 Å². The highest BCUT2D eigenvalue weighted by Crippen LogP contribution is 2.28. The van der Waals surface area contributed by atoms with Gasteiger partial charge in [0.1, 0.15) is 0 Å². The van der Waals surface area contributed by atoms with Gasteiger partial charge in [0, 0.05) is 43.3 Å². The number of nitrogens with two attached hydrogens (primary N) is 1. The molecule has 0 saturated carbocycles. The molecular weight excluding hydrogens is 452 g/mol. The summed E-state index contributed by atoms with van der Waals surface area (Å²) in [5, 5.41) is 22.8. The van der Waals surface area contributed by atoms with E-state index in [-0.39, 0.29) is 11.7 Å². The van der Waals surface area contributed by atoms with Crippen molar-refractivity contribution in [3.8, 4) is 11.1 Å². The first-order valence-electron chi connectivity index (χ1n) is 11.7. The van der Waals surface area contributed by atoms with Crippen LogP contribution in [0.3, 0.4) is 0 Å². The number of aromatic nitrogens is 4. The van der Waals surface area contributed by atoms with Crippen molar-refractivity contribution >= 4 is 11.7 Å². The van der Waals surface area contributed by atoms with Gasteiger partial charge in [-0.1, -0.05) is 18.2 Å². The van der Waals surface area contributed by atoms with Crippen LogP contribution in [0, 0.1) is 0 Å². The van der Waals surface area contributed by atoms with Gasteiger partial charge in [0.05, 0.1) is 44.8 Å². The number of ether oxygens (including phenoxy) is 3. The summed E-state index contributed by atoms with van der Waals surface area (Å²) in [4.78, 5) is 12.3. The molecule has 1 aliphatic rings. The predicted octanol–water partition coefficient (Wildman–Crippen LogP) is 1.96. The number of aliphatic hydroxyl groups is 1. The van der Waals surface area contributed by atoms with Gasteiger partial charge in [-0.05, 0) is 24.5 Å². The monoisotopic (exact) mass is 484 g/mol. The molecular formula is C24H32N6O5. The van der Waals surface area contributed by atoms with Gasteiger partial charge >= 0.3 is 5.97 Å². The summed E-state index contributed by atoms with van der Waals surface area (Å²) in [5.41, 5.74) is 8.43. The number of hydrogen-bond donors (Lipinski definition) is 3. The van der Waals surface area contributed by atoms with Crippen molar-refractivity contribution in [2.24, 2.45) is 5.73 Å². The minimum absolute atomic E-state index is 0.125. The molecule has 0 spiro atoms. The van der Waals surface area contributed by atoms with Gasteiger partial charge in [-0.15, -0.1) is 0 Å². The van der Waals surface area contributed by atoms with E-state index in [0.29, 0.717) is 50.8 Å². The van der Waals surface area contributed by atoms with Crippen LogP contribution in [0.15, 0.2) is 42.9 Å². The topological polar surface area (TPSA) is 139 Å². The average molecular weight is 485 g/mol. The van der Waals surface area contributed by atoms with E-state index < -0.39 is 12.2 Å². The van der Waals surface area contributed by atoms with Gasteiger partial charge in [-0.2, -0.15) is 10.2 Å². The van der Waals surface area contributed by atoms with Crippen LogP contribution in [0.1, 0.15) is 41.2 Å². The Balaban J connectivity index is 1.48. The van der Waals surface area contributed by atoms with Crippen LogP contribution in [0.25, 0.3) is 11.1 Å². The van der Waals surface area contributed by atoms with Crippen LogP contribution in [0.5, 0.6) is 0 Å². The maximum absolute atomic E-state index is 12.3. The van der Waals surface area contributed by atoms with Gasteiger partial charge in [-0.3, -0.25) is 9.36 Å². The number of carbonyl (C=O) groups is 1. The molecule has 1 fully saturated rings. The lowest BCUT2D eigenvalue weighted by Gasteiger charge is -2.22. The zero-order valence-corrected chi connectivity index (χ0v) is 19.8. The summed E-state index contributed by atoms with van der Waals surface area (Å²) in [6.45, 7) is 3.46. The lowest BCUT2D eigenvalue weighted by atomic mass is 10.1. The maximum Gasteiger partial charge on any atom is 0.360 e. The molecule has 1 aromatic carbocycles. The van der Waals surface area contributed by atoms with Crippen molar-refractivity contribution in [3.63, 3.8) is 0 Å². The largest absolute Gasteiger partial charge is 0.464 e. The SMILES string of the molecule is COC(=O)c1nn(C2CCOCC2)cc1NC(O)c1cccc(-c2cnn(CCOCCN)c2)c1. The van der Waals surface area contributed by atoms with E-state index in [4.69, 9.17) is 19.9 Å². The highest BCUT2D eigenvalue weighted by atomic mass is 16.5. The molecule has 0 radical (unpaired) electrons. The molecule has 1 aliphatic heterocycles. The second-order valence-corrected chi connectivity index (χ2v) is 8.27. The standard InChI is InChI=1S/C24H32N6O5/c1-33-24(32)22-21(16-30(28-22)20-5-9-34-10-6-20)27-23(31)18-4-2-3-17(13-18)19-14-26-29(15-19)8-12-35-11-7-25/h2-4,13-16,20,23,27,31H,5-12,25H2,1H3. The first-order valence-corrected chi connectivity index (χ1v) is 11.7. The molecule has 0 aliphatic carbocycles. The quantitative estimate of drug-likeness (QED) is 0.212. The lowest BCUT2D eigenvalue weighted by molar-refractivity contribution is 0.0583. The van der Waals surface area contributed by atoms with E-state index in [1.165, 1.54) is 7.11 Å². The summed E-state index contributed by atoms with van der Waals surface area (Å²) in [6, 6.07) is 7.63. The van der Waals surface area contributed by atoms with Crippen molar-refractivity contribution in [2.45, 2.75) is 31.7 Å². The molecule has 4 N–H and O–H groups in total. The Kier molecular flexibility index (Phi) is 8.48. The zero-order chi connectivity index (χ0) is 24.6. The van der Waals surface area contributed by atoms with E-state index in [2.05, 4.69) is 15.5 Å². The fourth-order valence-corrected chi connectivity index (χ4v) is 3.98. The Morgan fingerprint density at radius 3 is 2.89 bits per heavy atom. The molecule has 4 rings (SSSR count). The summed E-state index contributed by atoms with van der Waals surface area (Å²) >= 11 is 0. The molecule has 1 saturated heterocycles. The Morgan fingerprint density at radius 1 is 1.29 bits per heavy atom. The highest BCUT2D eigenvalue weighted by Gasteiger charge is 2.24. The van der Waals surface area contributed by atoms with Crippen molar-refractivity contribution in [2.75, 3.05) is 45.4 Å². The maximum atomic E-state index is 12.3. The highest BCUT2D eigenvalue weighted by molar-refractivity contribution is 5.93. The average Bonchev–Trinajstić information content (AvgIpc) is 3.54. The van der Waals surface area contributed by atoms with E-state index in [0.717, 1.165) is 24.0 Å². The molecule has 0 bridgehead atoms. The van der Waals surface area contributed by atoms with Crippen LogP contribution >= 0.6 is 0 Å². The van der Waals surface area contributed by atoms with Gasteiger partial charge in [0.2, 0.25) is 0 Å². The summed E-state index contributed by atoms with van der Waals surface area (Å²) in [6.07, 6.45) is 5.99. The van der Waals surface area contributed by atoms with Gasteiger partial charge in [0.15, 0.2) is 11.9 Å². The third-order valence-corrected chi connectivity index (χ3v) is 5.86. The van der Waals surface area contributed by atoms with Crippen LogP contribution < -0.4 is 11.1 Å². The number of methoxy groups -OCH3 is 1. The number of esters is 1. The van der Waals surface area contributed by atoms with Crippen molar-refractivity contribution in [1.29, 1.82) is 0 Å². The molecule has 1 atom stereocenters. The molecule has 0 amide bonds. The van der Waals surface area contributed by atoms with Crippen LogP contribution in [-0.2, 0) is 20.8 Å². The molecule has 2 aromatic heterocycles. The first-order chi connectivity index (χ1) is 17.1. The lowest BCUT2D eigenvalue weighted by Crippen LogP contribution is -2.20. The molecule has 11 heteroatoms. The number of benzene rings is 1. The number of nitrogens with one attached hydrogen (secondary N) is 1. The Bertz CT molecular complexity index is 1110. The van der Waals surface area contributed by atoms with Gasteiger partial charge in [-0.25, -0.2) is 4.79 Å². The molecule has 188 valence electrons. The van der Waals surface area contributed by atoms with Crippen LogP contribution in [0.4, 0.5) is 5.69 Å². The third-order valence-electron chi connectivity index (χ3n) is 5.86. The minimum Gasteiger partial charge on any atom is -0.464 e. The molecule has 1 unspecified atom stereocenters. The number of aliphatic hydroxyl groups excluding tert-OH is 1. The fraction of sp³-hybridized carbons (Fsp3) is 0.458. The number of hydrogen-bond acceptors (Lipinski definition) is 9. The van der Waals surface area contributed by atoms with Crippen molar-refractivity contribution in [1.82, 2.24) is 19.6 Å². The van der Waals surface area contributed by atoms with E-state index in [9.17, 15) is 9.90 Å². The number of carbonyl (C=O) groups excluding carboxylic acids is 1. The molecule has 3 heterocycles. The normalized spacial score (nSPS) is 15.2. The van der Waals surface area contributed by atoms with E-state index >= 15 is 0 Å². The summed E-state index contributed by atoms with van der Waals surface area (Å²) < 4.78 is 19.3. The van der Waals surface area contributed by atoms with Crippen molar-refractivity contribution < 1.29 is 24.1 Å². The number of anilines is 1.